The summed E-state index contributed by atoms with van der Waals surface area (Å²) in [7, 11) is 1.52. The first-order chi connectivity index (χ1) is 14.0. The van der Waals surface area contributed by atoms with Crippen molar-refractivity contribution < 1.29 is 37.3 Å². The average Bonchev–Trinajstić information content (AvgIpc) is 2.66. The maximum absolute atomic E-state index is 11.4. The molecular formula is C18H25F3N4O5. The Balaban J connectivity index is 0.000000396. The number of ether oxygens (including phenoxy) is 2. The lowest BCUT2D eigenvalue weighted by atomic mass is 9.83. The topological polar surface area (TPSA) is 114 Å². The first kappa shape index (κ1) is 23.8. The quantitative estimate of drug-likeness (QED) is 0.710. The number of amides is 1. The molecule has 0 aromatic carbocycles. The number of halogens is 3. The number of hydrogen-bond donors (Lipinski definition) is 2. The highest BCUT2D eigenvalue weighted by atomic mass is 19.4. The maximum Gasteiger partial charge on any atom is 0.490 e. The number of nitrogens with one attached hydrogen (secondary N) is 1. The molecule has 0 saturated carbocycles. The van der Waals surface area contributed by atoms with Gasteiger partial charge in [0.2, 0.25) is 5.91 Å². The minimum atomic E-state index is -5.08. The molecular weight excluding hydrogens is 409 g/mol. The van der Waals surface area contributed by atoms with Gasteiger partial charge in [0.25, 0.3) is 0 Å². The number of carboxylic acids is 1. The van der Waals surface area contributed by atoms with E-state index in [1.54, 1.807) is 0 Å². The van der Waals surface area contributed by atoms with Crippen LogP contribution < -0.4 is 10.2 Å². The van der Waals surface area contributed by atoms with Crippen molar-refractivity contribution in [1.29, 1.82) is 0 Å². The Morgan fingerprint density at radius 1 is 1.37 bits per heavy atom. The molecule has 1 atom stereocenters. The van der Waals surface area contributed by atoms with E-state index in [9.17, 15) is 18.0 Å². The number of methoxy groups -OCH3 is 1. The van der Waals surface area contributed by atoms with Gasteiger partial charge in [-0.15, -0.1) is 5.10 Å². The molecule has 2 aliphatic rings. The highest BCUT2D eigenvalue weighted by molar-refractivity contribution is 5.77. The smallest absolute Gasteiger partial charge is 0.475 e. The van der Waals surface area contributed by atoms with Crippen LogP contribution in [0.2, 0.25) is 0 Å². The molecule has 2 saturated heterocycles. The van der Waals surface area contributed by atoms with E-state index in [1.165, 1.54) is 7.11 Å². The number of carbonyl (C=O) groups excluding carboxylic acids is 1. The number of hydrogen-bond acceptors (Lipinski definition) is 7. The largest absolute Gasteiger partial charge is 0.490 e. The molecule has 2 aliphatic heterocycles. The van der Waals surface area contributed by atoms with Crippen LogP contribution in [0.5, 0.6) is 0 Å². The highest BCUT2D eigenvalue weighted by Crippen LogP contribution is 2.37. The molecule has 1 unspecified atom stereocenters. The molecule has 9 nitrogen and oxygen atoms in total. The number of aromatic nitrogens is 2. The van der Waals surface area contributed by atoms with Crippen molar-refractivity contribution in [2.75, 3.05) is 44.9 Å². The van der Waals surface area contributed by atoms with Crippen LogP contribution in [0, 0.1) is 12.8 Å². The normalized spacial score (nSPS) is 20.0. The van der Waals surface area contributed by atoms with Gasteiger partial charge < -0.3 is 24.8 Å². The van der Waals surface area contributed by atoms with Gasteiger partial charge in [-0.1, -0.05) is 0 Å². The summed E-state index contributed by atoms with van der Waals surface area (Å²) in [6.07, 6.45) is -2.99. The van der Waals surface area contributed by atoms with E-state index in [2.05, 4.69) is 20.4 Å². The molecule has 2 fully saturated rings. The second-order valence-electron chi connectivity index (χ2n) is 7.33. The zero-order valence-electron chi connectivity index (χ0n) is 16.7. The summed E-state index contributed by atoms with van der Waals surface area (Å²) in [5.41, 5.74) is 0.885. The second-order valence-corrected chi connectivity index (χ2v) is 7.33. The lowest BCUT2D eigenvalue weighted by Gasteiger charge is -2.53. The summed E-state index contributed by atoms with van der Waals surface area (Å²) >= 11 is 0. The van der Waals surface area contributed by atoms with E-state index in [4.69, 9.17) is 19.4 Å². The van der Waals surface area contributed by atoms with Crippen LogP contribution in [0.25, 0.3) is 0 Å². The summed E-state index contributed by atoms with van der Waals surface area (Å²) in [6, 6.07) is 3.99. The van der Waals surface area contributed by atoms with Crippen LogP contribution in [0.4, 0.5) is 19.0 Å². The van der Waals surface area contributed by atoms with Gasteiger partial charge in [-0.3, -0.25) is 4.79 Å². The van der Waals surface area contributed by atoms with E-state index >= 15 is 0 Å². The number of anilines is 1. The fourth-order valence-electron chi connectivity index (χ4n) is 3.14. The highest BCUT2D eigenvalue weighted by Gasteiger charge is 2.47. The molecule has 1 aromatic heterocycles. The Hall–Kier alpha value is -2.47. The lowest BCUT2D eigenvalue weighted by Crippen LogP contribution is -2.65. The third-order valence-electron chi connectivity index (χ3n) is 4.81. The van der Waals surface area contributed by atoms with Crippen LogP contribution >= 0.6 is 0 Å². The molecule has 12 heteroatoms. The number of aryl methyl sites for hydroxylation is 1. The number of carboxylic acid groups (broad SMARTS) is 1. The van der Waals surface area contributed by atoms with Crippen LogP contribution in [-0.4, -0.2) is 78.9 Å². The molecule has 30 heavy (non-hydrogen) atoms. The summed E-state index contributed by atoms with van der Waals surface area (Å²) in [4.78, 5) is 22.5. The summed E-state index contributed by atoms with van der Waals surface area (Å²) in [5, 5.41) is 18.3. The van der Waals surface area contributed by atoms with Gasteiger partial charge in [0.05, 0.1) is 25.4 Å². The third kappa shape index (κ3) is 6.80. The van der Waals surface area contributed by atoms with Gasteiger partial charge in [0.1, 0.15) is 12.2 Å². The summed E-state index contributed by atoms with van der Waals surface area (Å²) in [5.74, 6) is -1.53. The minimum absolute atomic E-state index is 0.0421. The van der Waals surface area contributed by atoms with Gasteiger partial charge in [0.15, 0.2) is 5.82 Å². The number of alkyl halides is 3. The number of nitrogens with zero attached hydrogens (tertiary/aromatic N) is 3. The van der Waals surface area contributed by atoms with Crippen molar-refractivity contribution in [1.82, 2.24) is 15.5 Å². The molecule has 168 valence electrons. The molecule has 2 N–H and O–H groups in total. The Kier molecular flexibility index (Phi) is 7.96. The zero-order valence-corrected chi connectivity index (χ0v) is 16.7. The molecule has 3 heterocycles. The molecule has 0 bridgehead atoms. The Labute approximate surface area is 171 Å². The summed E-state index contributed by atoms with van der Waals surface area (Å²) < 4.78 is 42.6. The van der Waals surface area contributed by atoms with Crippen LogP contribution in [-0.2, 0) is 19.1 Å². The molecule has 0 radical (unpaired) electrons. The summed E-state index contributed by atoms with van der Waals surface area (Å²) in [6.45, 7) is 5.14. The van der Waals surface area contributed by atoms with Crippen LogP contribution in [0.1, 0.15) is 18.5 Å². The monoisotopic (exact) mass is 434 g/mol. The Bertz CT molecular complexity index is 714. The molecule has 1 amide bonds. The van der Waals surface area contributed by atoms with E-state index in [0.29, 0.717) is 19.1 Å². The van der Waals surface area contributed by atoms with Crippen molar-refractivity contribution in [3.63, 3.8) is 0 Å². The lowest BCUT2D eigenvalue weighted by molar-refractivity contribution is -0.192. The number of rotatable bonds is 5. The number of aliphatic carboxylic acids is 1. The van der Waals surface area contributed by atoms with Gasteiger partial charge >= 0.3 is 12.1 Å². The zero-order chi connectivity index (χ0) is 22.4. The molecule has 1 spiro atoms. The third-order valence-corrected chi connectivity index (χ3v) is 4.81. The number of carbonyl (C=O) groups is 2. The van der Waals surface area contributed by atoms with Crippen LogP contribution in [0.3, 0.4) is 0 Å². The van der Waals surface area contributed by atoms with Gasteiger partial charge in [0, 0.05) is 13.7 Å². The van der Waals surface area contributed by atoms with Crippen molar-refractivity contribution in [3.8, 4) is 0 Å². The van der Waals surface area contributed by atoms with E-state index in [0.717, 1.165) is 37.4 Å². The molecule has 1 aromatic rings. The van der Waals surface area contributed by atoms with Crippen molar-refractivity contribution in [2.45, 2.75) is 31.5 Å². The standard InChI is InChI=1S/C16H24N4O3.C2HF3O2/c1-12-3-4-14(19-18-12)20-10-16(11-20)6-5-13(8-23-16)7-17-15(21)9-22-2;3-2(4,5)1(6)7/h3-4,13H,5-11H2,1-2H3,(H,17,21);(H,6,7). The van der Waals surface area contributed by atoms with Gasteiger partial charge in [-0.05, 0) is 37.8 Å². The average molecular weight is 434 g/mol. The maximum atomic E-state index is 11.4. The fourth-order valence-corrected chi connectivity index (χ4v) is 3.14. The molecule has 3 rings (SSSR count). The van der Waals surface area contributed by atoms with E-state index in [1.807, 2.05) is 19.1 Å². The van der Waals surface area contributed by atoms with E-state index in [-0.39, 0.29) is 18.1 Å². The first-order valence-corrected chi connectivity index (χ1v) is 9.29. The van der Waals surface area contributed by atoms with Crippen molar-refractivity contribution in [3.05, 3.63) is 17.8 Å². The predicted molar refractivity (Wildman–Crippen MR) is 99.0 cm³/mol. The Morgan fingerprint density at radius 3 is 2.50 bits per heavy atom. The fraction of sp³-hybridized carbons (Fsp3) is 0.667. The van der Waals surface area contributed by atoms with Gasteiger partial charge in [-0.25, -0.2) is 4.79 Å². The Morgan fingerprint density at radius 2 is 2.03 bits per heavy atom. The first-order valence-electron chi connectivity index (χ1n) is 9.29. The SMILES string of the molecule is COCC(=O)NCC1CCC2(CN(c3ccc(C)nn3)C2)OC1.O=C(O)C(F)(F)F. The van der Waals surface area contributed by atoms with Crippen molar-refractivity contribution >= 4 is 17.7 Å². The van der Waals surface area contributed by atoms with E-state index < -0.39 is 12.1 Å². The second kappa shape index (κ2) is 10.0. The van der Waals surface area contributed by atoms with Crippen molar-refractivity contribution in [2.24, 2.45) is 5.92 Å². The van der Waals surface area contributed by atoms with Gasteiger partial charge in [-0.2, -0.15) is 18.3 Å². The minimum Gasteiger partial charge on any atom is -0.475 e. The van der Waals surface area contributed by atoms with Crippen LogP contribution in [0.15, 0.2) is 12.1 Å². The predicted octanol–water partition coefficient (Wildman–Crippen LogP) is 1.17. The molecule has 0 aliphatic carbocycles.